The molecule has 0 aliphatic carbocycles. The molecule has 0 bridgehead atoms. The molecule has 0 N–H and O–H groups in total. The highest BCUT2D eigenvalue weighted by Gasteiger charge is 2.20. The molecule has 0 unspecified atom stereocenters. The summed E-state index contributed by atoms with van der Waals surface area (Å²) in [5, 5.41) is 2.54. The van der Waals surface area contributed by atoms with Gasteiger partial charge in [0.25, 0.3) is 0 Å². The molecule has 7 aromatic carbocycles. The zero-order valence-electron chi connectivity index (χ0n) is 35.2. The summed E-state index contributed by atoms with van der Waals surface area (Å²) in [6, 6.07) is 33.1. The largest absolute Gasteiger partial charge is 0.278 e. The van der Waals surface area contributed by atoms with E-state index in [4.69, 9.17) is 25.9 Å². The molecule has 0 radical (unpaired) electrons. The molecule has 50 heavy (non-hydrogen) atoms. The molecule has 10 rings (SSSR count). The number of nitrogens with zero attached hydrogens (tertiary/aromatic N) is 4. The molecule has 0 aliphatic heterocycles. The van der Waals surface area contributed by atoms with Gasteiger partial charge in [-0.15, -0.1) is 11.3 Å². The minimum absolute atomic E-state index is 0.0289. The Kier molecular flexibility index (Phi) is 4.84. The maximum absolute atomic E-state index is 9.24. The predicted octanol–water partition coefficient (Wildman–Crippen LogP) is 12.0. The first-order valence-electron chi connectivity index (χ1n) is 20.5. The summed E-state index contributed by atoms with van der Waals surface area (Å²) < 4.78 is 81.6. The molecule has 0 saturated heterocycles. The zero-order chi connectivity index (χ0) is 40.9. The number of thiophene rings is 1. The molecule has 4 nitrogen and oxygen atoms in total. The van der Waals surface area contributed by atoms with E-state index in [0.29, 0.717) is 28.1 Å². The van der Waals surface area contributed by atoms with Crippen molar-refractivity contribution in [1.82, 2.24) is 19.5 Å². The van der Waals surface area contributed by atoms with Crippen LogP contribution in [0.3, 0.4) is 0 Å². The number of fused-ring (bicyclic) bond motifs is 6. The molecule has 0 fully saturated rings. The summed E-state index contributed by atoms with van der Waals surface area (Å²) in [5.41, 5.74) is 4.20. The van der Waals surface area contributed by atoms with Gasteiger partial charge in [-0.1, -0.05) is 133 Å². The first kappa shape index (κ1) is 20.8. The van der Waals surface area contributed by atoms with Crippen LogP contribution >= 0.6 is 11.3 Å². The highest BCUT2D eigenvalue weighted by atomic mass is 32.1. The van der Waals surface area contributed by atoms with Crippen LogP contribution in [0.4, 0.5) is 0 Å². The van der Waals surface area contributed by atoms with Crippen molar-refractivity contribution in [3.05, 3.63) is 170 Å². The number of aromatic nitrogens is 4. The topological polar surface area (TPSA) is 43.6 Å². The minimum Gasteiger partial charge on any atom is -0.278 e. The van der Waals surface area contributed by atoms with E-state index in [9.17, 15) is 1.37 Å². The molecule has 3 heterocycles. The van der Waals surface area contributed by atoms with E-state index in [2.05, 4.69) is 18.2 Å². The fourth-order valence-electron chi connectivity index (χ4n) is 6.62. The Hall–Kier alpha value is -6.43. The van der Waals surface area contributed by atoms with Crippen LogP contribution in [0.5, 0.6) is 0 Å². The van der Waals surface area contributed by atoms with Crippen molar-refractivity contribution in [3.63, 3.8) is 0 Å². The Bertz CT molecular complexity index is 3370. The van der Waals surface area contributed by atoms with Crippen molar-refractivity contribution in [2.45, 2.75) is 0 Å². The Labute approximate surface area is 305 Å². The van der Waals surface area contributed by atoms with Gasteiger partial charge in [0.2, 0.25) is 5.95 Å². The van der Waals surface area contributed by atoms with Gasteiger partial charge in [0, 0.05) is 42.1 Å². The number of rotatable bonds is 5. The number of benzene rings is 7. The molecule has 0 saturated carbocycles. The first-order valence-corrected chi connectivity index (χ1v) is 16.8. The summed E-state index contributed by atoms with van der Waals surface area (Å²) in [4.78, 5) is 15.3. The second kappa shape index (κ2) is 11.6. The van der Waals surface area contributed by atoms with Crippen LogP contribution in [0.25, 0.3) is 93.0 Å². The monoisotopic (exact) mass is 665 g/mol. The van der Waals surface area contributed by atoms with E-state index in [0.717, 1.165) is 36.9 Å². The lowest BCUT2D eigenvalue weighted by Gasteiger charge is -2.12. The number of hydrogen-bond acceptors (Lipinski definition) is 4. The smallest absolute Gasteiger partial charge is 0.238 e. The van der Waals surface area contributed by atoms with Crippen LogP contribution < -0.4 is 0 Å². The second-order valence-corrected chi connectivity index (χ2v) is 12.9. The Balaban J connectivity index is 1.31. The van der Waals surface area contributed by atoms with Crippen LogP contribution in [0.2, 0.25) is 0 Å². The minimum atomic E-state index is -0.516. The Morgan fingerprint density at radius 3 is 2.10 bits per heavy atom. The molecular weight excluding hydrogens is 629 g/mol. The molecule has 0 spiro atoms. The summed E-state index contributed by atoms with van der Waals surface area (Å²) >= 11 is 1.67. The molecule has 10 aromatic rings. The molecule has 3 aromatic heterocycles. The third-order valence-corrected chi connectivity index (χ3v) is 10.0. The third kappa shape index (κ3) is 4.71. The van der Waals surface area contributed by atoms with Gasteiger partial charge in [-0.25, -0.2) is 4.98 Å². The zero-order valence-corrected chi connectivity index (χ0v) is 27.0. The Morgan fingerprint density at radius 1 is 0.460 bits per heavy atom. The normalized spacial score (nSPS) is 14.1. The van der Waals surface area contributed by atoms with Crippen molar-refractivity contribution in [3.8, 4) is 51.0 Å². The van der Waals surface area contributed by atoms with Gasteiger partial charge in [0.05, 0.1) is 23.4 Å². The van der Waals surface area contributed by atoms with Crippen molar-refractivity contribution in [1.29, 1.82) is 0 Å². The van der Waals surface area contributed by atoms with Gasteiger partial charge in [-0.05, 0) is 58.6 Å². The maximum atomic E-state index is 9.24. The van der Waals surface area contributed by atoms with Gasteiger partial charge in [0.1, 0.15) is 0 Å². The summed E-state index contributed by atoms with van der Waals surface area (Å²) in [6.45, 7) is 0. The van der Waals surface area contributed by atoms with Crippen LogP contribution in [0, 0.1) is 0 Å². The molecular formula is C45H28N4S. The lowest BCUT2D eigenvalue weighted by molar-refractivity contribution is 0.954. The molecule has 234 valence electrons. The average Bonchev–Trinajstić information content (AvgIpc) is 3.83. The molecule has 0 amide bonds. The predicted molar refractivity (Wildman–Crippen MR) is 209 cm³/mol. The van der Waals surface area contributed by atoms with E-state index in [1.807, 2.05) is 78.9 Å². The fourth-order valence-corrected chi connectivity index (χ4v) is 7.75. The van der Waals surface area contributed by atoms with Crippen molar-refractivity contribution < 1.29 is 12.3 Å². The highest BCUT2D eigenvalue weighted by Crippen LogP contribution is 2.40. The van der Waals surface area contributed by atoms with Crippen molar-refractivity contribution in [2.24, 2.45) is 0 Å². The molecule has 5 heteroatoms. The summed E-state index contributed by atoms with van der Waals surface area (Å²) in [5.74, 6) is 0.800. The van der Waals surface area contributed by atoms with E-state index in [1.165, 1.54) is 0 Å². The molecule has 0 atom stereocenters. The van der Waals surface area contributed by atoms with Gasteiger partial charge in [-0.3, -0.25) is 4.57 Å². The van der Waals surface area contributed by atoms with Crippen LogP contribution in [0.1, 0.15) is 12.3 Å². The summed E-state index contributed by atoms with van der Waals surface area (Å²) in [7, 11) is 0. The van der Waals surface area contributed by atoms with E-state index < -0.39 is 30.2 Å². The maximum Gasteiger partial charge on any atom is 0.238 e. The van der Waals surface area contributed by atoms with Crippen LogP contribution in [0.15, 0.2) is 170 Å². The fraction of sp³-hybridized carbons (Fsp3) is 0. The van der Waals surface area contributed by atoms with Gasteiger partial charge in [0.15, 0.2) is 11.6 Å². The van der Waals surface area contributed by atoms with E-state index in [1.54, 1.807) is 34.1 Å². The summed E-state index contributed by atoms with van der Waals surface area (Å²) in [6.07, 6.45) is 0. The number of para-hydroxylation sites is 1. The van der Waals surface area contributed by atoms with Gasteiger partial charge in [-0.2, -0.15) is 9.97 Å². The number of hydrogen-bond donors (Lipinski definition) is 0. The third-order valence-electron chi connectivity index (χ3n) is 8.88. The average molecular weight is 666 g/mol. The molecule has 0 aliphatic rings. The van der Waals surface area contributed by atoms with Crippen LogP contribution in [-0.2, 0) is 0 Å². The first-order chi connectivity index (χ1) is 28.5. The lowest BCUT2D eigenvalue weighted by atomic mass is 10.0. The van der Waals surface area contributed by atoms with Crippen molar-refractivity contribution in [2.75, 3.05) is 0 Å². The highest BCUT2D eigenvalue weighted by molar-refractivity contribution is 7.25. The van der Waals surface area contributed by atoms with Crippen LogP contribution in [-0.4, -0.2) is 19.5 Å². The van der Waals surface area contributed by atoms with Crippen molar-refractivity contribution >= 4 is 53.3 Å². The quantitative estimate of drug-likeness (QED) is 0.184. The van der Waals surface area contributed by atoms with E-state index >= 15 is 0 Å². The van der Waals surface area contributed by atoms with Gasteiger partial charge < -0.3 is 0 Å². The SMILES string of the molecule is [2H]c1c([2H])c([2H])c(-c2ccc3c(c2)c2c([2H])c([2H])c([2H])c([2H])c2n3-c2nc(-c3cccc(-c4ccccc4)c3)nc(-c3cccc4sc5ccccc5c34)n2)c([2H])c1[2H]. The lowest BCUT2D eigenvalue weighted by Crippen LogP contribution is -2.06. The van der Waals surface area contributed by atoms with E-state index in [-0.39, 0.29) is 52.1 Å². The Morgan fingerprint density at radius 2 is 1.18 bits per heavy atom. The van der Waals surface area contributed by atoms with Gasteiger partial charge >= 0.3 is 0 Å². The second-order valence-electron chi connectivity index (χ2n) is 11.8. The standard InChI is InChI=1S/C45H28N4S/c1-3-13-29(14-4-1)31-17-11-18-33(27-31)43-46-44(36-21-12-24-41-42(36)35-20-8-10-23-40(35)50-41)48-45(47-43)49-38-22-9-7-19-34(38)37-28-32(25-26-39(37)49)30-15-5-2-6-16-30/h1-28H/i2D,5D,6D,7D,9D,15D,16D,19D,22D.